The number of carbonyl (C=O) groups is 4. The highest BCUT2D eigenvalue weighted by Gasteiger charge is 2.62. The number of likely N-dealkylation sites (tertiary alicyclic amines) is 2. The van der Waals surface area contributed by atoms with Gasteiger partial charge >= 0.3 is 0 Å². The molecule has 1 aromatic carbocycles. The number of hydrogen-bond acceptors (Lipinski definition) is 9. The fourth-order valence-corrected chi connectivity index (χ4v) is 8.68. The number of rotatable bonds is 12. The molecule has 276 valence electrons. The van der Waals surface area contributed by atoms with E-state index in [0.717, 1.165) is 30.0 Å². The summed E-state index contributed by atoms with van der Waals surface area (Å²) in [5.74, 6) is -2.11. The van der Waals surface area contributed by atoms with E-state index in [2.05, 4.69) is 21.6 Å². The summed E-state index contributed by atoms with van der Waals surface area (Å²) < 4.78 is 39.3. The van der Waals surface area contributed by atoms with E-state index >= 15 is 0 Å². The van der Waals surface area contributed by atoms with E-state index in [4.69, 9.17) is 9.47 Å². The number of sulfonamides is 1. The number of aromatic nitrogens is 1. The maximum atomic E-state index is 14.6. The molecule has 51 heavy (non-hydrogen) atoms. The van der Waals surface area contributed by atoms with Crippen LogP contribution in [0.15, 0.2) is 43.1 Å². The highest BCUT2D eigenvalue weighted by Crippen LogP contribution is 2.46. The van der Waals surface area contributed by atoms with E-state index in [1.54, 1.807) is 19.4 Å². The molecule has 3 heterocycles. The summed E-state index contributed by atoms with van der Waals surface area (Å²) in [6.45, 7) is 10.9. The molecule has 13 nitrogen and oxygen atoms in total. The molecular formula is C37H49N5O8S. The van der Waals surface area contributed by atoms with Crippen molar-refractivity contribution in [1.29, 1.82) is 0 Å². The van der Waals surface area contributed by atoms with Crippen molar-refractivity contribution < 1.29 is 37.1 Å². The fourth-order valence-electron chi connectivity index (χ4n) is 7.31. The molecule has 4 fully saturated rings. The third-order valence-electron chi connectivity index (χ3n) is 10.7. The smallest absolute Gasteiger partial charge is 0.259 e. The van der Waals surface area contributed by atoms with Crippen LogP contribution in [-0.4, -0.2) is 96.5 Å². The quantitative estimate of drug-likeness (QED) is 0.313. The molecule has 2 aliphatic carbocycles. The average molecular weight is 724 g/mol. The summed E-state index contributed by atoms with van der Waals surface area (Å²) in [6.07, 6.45) is 6.59. The molecule has 2 N–H and O–H groups in total. The Labute approximate surface area is 299 Å². The maximum Gasteiger partial charge on any atom is 0.259 e. The first-order valence-electron chi connectivity index (χ1n) is 17.8. The molecule has 2 saturated carbocycles. The Morgan fingerprint density at radius 2 is 1.84 bits per heavy atom. The molecule has 5 atom stereocenters. The van der Waals surface area contributed by atoms with Gasteiger partial charge in [0, 0.05) is 43.4 Å². The van der Waals surface area contributed by atoms with Crippen molar-refractivity contribution in [3.05, 3.63) is 43.1 Å². The minimum atomic E-state index is -3.87. The standard InChI is InChI=1S/C37H49N5O8S/c1-6-24-21-37(24,35(46)40-51(47,48)27-11-12-27)39-32(44)30-19-26(50-33-28-13-10-25(49-5)18-23(28)14-15-38-33)22-42(30)34(45)29(36(2,3)4)20-31(43)41-16-8-7-9-17-41/h6,10,13-15,18,24,26-27,29-30H,1,7-9,11-12,16-17,19-22H2,2-5H3,(H,39,44)(H,40,46)/t24-,26-,29-,30+,37-/m1/s1. The van der Waals surface area contributed by atoms with Gasteiger partial charge in [0.2, 0.25) is 33.6 Å². The van der Waals surface area contributed by atoms with Gasteiger partial charge in [-0.3, -0.25) is 23.9 Å². The molecule has 1 aromatic heterocycles. The van der Waals surface area contributed by atoms with Crippen molar-refractivity contribution in [3.63, 3.8) is 0 Å². The lowest BCUT2D eigenvalue weighted by Crippen LogP contribution is -2.57. The van der Waals surface area contributed by atoms with Gasteiger partial charge in [-0.05, 0) is 73.6 Å². The van der Waals surface area contributed by atoms with Crippen LogP contribution in [0.1, 0.15) is 72.1 Å². The molecule has 4 aliphatic rings. The van der Waals surface area contributed by atoms with Crippen molar-refractivity contribution in [2.75, 3.05) is 26.7 Å². The van der Waals surface area contributed by atoms with Crippen molar-refractivity contribution >= 4 is 44.4 Å². The first kappa shape index (κ1) is 36.6. The average Bonchev–Trinajstić information content (AvgIpc) is 4.03. The number of amides is 4. The molecule has 0 spiro atoms. The van der Waals surface area contributed by atoms with Crippen LogP contribution in [0.25, 0.3) is 10.8 Å². The van der Waals surface area contributed by atoms with Crippen LogP contribution in [-0.2, 0) is 29.2 Å². The highest BCUT2D eigenvalue weighted by molar-refractivity contribution is 7.91. The third kappa shape index (κ3) is 7.70. The lowest BCUT2D eigenvalue weighted by atomic mass is 9.77. The highest BCUT2D eigenvalue weighted by atomic mass is 32.2. The van der Waals surface area contributed by atoms with Crippen molar-refractivity contribution in [3.8, 4) is 11.6 Å². The van der Waals surface area contributed by atoms with Gasteiger partial charge in [0.05, 0.1) is 24.8 Å². The zero-order valence-corrected chi connectivity index (χ0v) is 30.7. The first-order chi connectivity index (χ1) is 24.2. The molecule has 4 amide bonds. The Kier molecular flexibility index (Phi) is 10.1. The topological polar surface area (TPSA) is 164 Å². The predicted molar refractivity (Wildman–Crippen MR) is 190 cm³/mol. The Bertz CT molecular complexity index is 1820. The second-order valence-electron chi connectivity index (χ2n) is 15.4. The van der Waals surface area contributed by atoms with Crippen molar-refractivity contribution in [1.82, 2.24) is 24.8 Å². The van der Waals surface area contributed by atoms with E-state index in [0.29, 0.717) is 37.6 Å². The van der Waals surface area contributed by atoms with E-state index < -0.39 is 62.0 Å². The number of hydrogen-bond donors (Lipinski definition) is 2. The summed E-state index contributed by atoms with van der Waals surface area (Å²) in [7, 11) is -2.29. The Hall–Kier alpha value is -4.20. The van der Waals surface area contributed by atoms with E-state index in [-0.39, 0.29) is 37.6 Å². The zero-order chi connectivity index (χ0) is 36.7. The molecule has 0 unspecified atom stereocenters. The summed E-state index contributed by atoms with van der Waals surface area (Å²) in [4.78, 5) is 63.6. The van der Waals surface area contributed by atoms with Crippen LogP contribution in [0.2, 0.25) is 0 Å². The number of nitrogens with zero attached hydrogens (tertiary/aromatic N) is 3. The molecule has 14 heteroatoms. The van der Waals surface area contributed by atoms with Gasteiger partial charge in [-0.25, -0.2) is 13.4 Å². The summed E-state index contributed by atoms with van der Waals surface area (Å²) >= 11 is 0. The molecule has 6 rings (SSSR count). The van der Waals surface area contributed by atoms with Gasteiger partial charge in [0.1, 0.15) is 23.4 Å². The molecule has 0 radical (unpaired) electrons. The molecular weight excluding hydrogens is 675 g/mol. The van der Waals surface area contributed by atoms with Crippen LogP contribution in [0.3, 0.4) is 0 Å². The second-order valence-corrected chi connectivity index (χ2v) is 17.4. The van der Waals surface area contributed by atoms with Gasteiger partial charge in [0.15, 0.2) is 0 Å². The normalized spacial score (nSPS) is 25.5. The number of fused-ring (bicyclic) bond motifs is 1. The number of methoxy groups -OCH3 is 1. The number of carbonyl (C=O) groups excluding carboxylic acids is 4. The SMILES string of the molecule is C=C[C@@H]1C[C@]1(NC(=O)[C@@H]1C[C@@H](Oc2nccc3cc(OC)ccc23)CN1C(=O)[C@@H](CC(=O)N1CCCCC1)C(C)(C)C)C(=O)NS(=O)(=O)C1CC1. The Morgan fingerprint density at radius 3 is 2.47 bits per heavy atom. The van der Waals surface area contributed by atoms with Crippen LogP contribution in [0, 0.1) is 17.3 Å². The number of benzene rings is 1. The van der Waals surface area contributed by atoms with Crippen LogP contribution in [0.5, 0.6) is 11.6 Å². The number of ether oxygens (including phenoxy) is 2. The number of pyridine rings is 1. The van der Waals surface area contributed by atoms with Crippen LogP contribution in [0.4, 0.5) is 0 Å². The largest absolute Gasteiger partial charge is 0.497 e. The summed E-state index contributed by atoms with van der Waals surface area (Å²) in [6, 6.07) is 6.25. The van der Waals surface area contributed by atoms with E-state index in [9.17, 15) is 27.6 Å². The van der Waals surface area contributed by atoms with Crippen molar-refractivity contribution in [2.24, 2.45) is 17.3 Å². The zero-order valence-electron chi connectivity index (χ0n) is 29.9. The van der Waals surface area contributed by atoms with Gasteiger partial charge < -0.3 is 24.6 Å². The second kappa shape index (κ2) is 14.1. The maximum absolute atomic E-state index is 14.6. The van der Waals surface area contributed by atoms with Crippen LogP contribution < -0.4 is 19.5 Å². The van der Waals surface area contributed by atoms with Gasteiger partial charge in [-0.15, -0.1) is 6.58 Å². The minimum absolute atomic E-state index is 0.00465. The third-order valence-corrected chi connectivity index (χ3v) is 12.6. The number of nitrogens with one attached hydrogen (secondary N) is 2. The van der Waals surface area contributed by atoms with Gasteiger partial charge in [-0.2, -0.15) is 0 Å². The molecule has 2 saturated heterocycles. The number of piperidine rings is 1. The molecule has 2 aliphatic heterocycles. The molecule has 0 bridgehead atoms. The summed E-state index contributed by atoms with van der Waals surface area (Å²) in [5.41, 5.74) is -2.14. The van der Waals surface area contributed by atoms with Gasteiger partial charge in [0.25, 0.3) is 5.91 Å². The van der Waals surface area contributed by atoms with E-state index in [1.165, 1.54) is 11.0 Å². The Balaban J connectivity index is 1.28. The fraction of sp³-hybridized carbons (Fsp3) is 0.595. The lowest BCUT2D eigenvalue weighted by Gasteiger charge is -2.36. The predicted octanol–water partition coefficient (Wildman–Crippen LogP) is 3.33. The first-order valence-corrected chi connectivity index (χ1v) is 19.4. The minimum Gasteiger partial charge on any atom is -0.497 e. The van der Waals surface area contributed by atoms with E-state index in [1.807, 2.05) is 43.9 Å². The van der Waals surface area contributed by atoms with Crippen LogP contribution >= 0.6 is 0 Å². The lowest BCUT2D eigenvalue weighted by molar-refractivity contribution is -0.148. The van der Waals surface area contributed by atoms with Gasteiger partial charge in [-0.1, -0.05) is 26.8 Å². The van der Waals surface area contributed by atoms with Crippen molar-refractivity contribution in [2.45, 2.75) is 95.1 Å². The summed E-state index contributed by atoms with van der Waals surface area (Å²) in [5, 5.41) is 3.77. The molecule has 2 aromatic rings. The monoisotopic (exact) mass is 723 g/mol. The Morgan fingerprint density at radius 1 is 1.12 bits per heavy atom.